The SMILES string of the molecule is C=CCCc1cc2ccc(-c3ccc(C4CCC(CCC=C)CC4)cc3)c(F)c2c(F)c1F. The Balaban J connectivity index is 1.57. The van der Waals surface area contributed by atoms with Gasteiger partial charge in [0.05, 0.1) is 5.39 Å². The molecule has 1 aliphatic carbocycles. The summed E-state index contributed by atoms with van der Waals surface area (Å²) >= 11 is 0. The summed E-state index contributed by atoms with van der Waals surface area (Å²) in [4.78, 5) is 0. The first-order valence-corrected chi connectivity index (χ1v) is 11.9. The highest BCUT2D eigenvalue weighted by atomic mass is 19.2. The third-order valence-electron chi connectivity index (χ3n) is 7.13. The normalized spacial score (nSPS) is 18.4. The van der Waals surface area contributed by atoms with Crippen molar-refractivity contribution in [2.75, 3.05) is 0 Å². The molecule has 0 saturated heterocycles. The van der Waals surface area contributed by atoms with E-state index in [0.29, 0.717) is 35.3 Å². The molecular weight excluding hydrogens is 417 g/mol. The molecule has 0 nitrogen and oxygen atoms in total. The second-order valence-electron chi connectivity index (χ2n) is 9.22. The average Bonchev–Trinajstić information content (AvgIpc) is 2.84. The lowest BCUT2D eigenvalue weighted by atomic mass is 9.77. The van der Waals surface area contributed by atoms with E-state index in [9.17, 15) is 8.78 Å². The molecule has 1 saturated carbocycles. The largest absolute Gasteiger partial charge is 0.206 e. The van der Waals surface area contributed by atoms with Gasteiger partial charge in [-0.05, 0) is 91.3 Å². The zero-order valence-corrected chi connectivity index (χ0v) is 19.1. The number of rotatable bonds is 8. The van der Waals surface area contributed by atoms with E-state index in [2.05, 4.69) is 25.3 Å². The molecule has 0 aliphatic heterocycles. The van der Waals surface area contributed by atoms with Crippen LogP contribution in [0.3, 0.4) is 0 Å². The molecule has 0 aromatic heterocycles. The van der Waals surface area contributed by atoms with Crippen LogP contribution < -0.4 is 0 Å². The van der Waals surface area contributed by atoms with Crippen molar-refractivity contribution in [1.29, 1.82) is 0 Å². The van der Waals surface area contributed by atoms with Gasteiger partial charge in [0, 0.05) is 5.56 Å². The van der Waals surface area contributed by atoms with Crippen molar-refractivity contribution >= 4 is 10.8 Å². The summed E-state index contributed by atoms with van der Waals surface area (Å²) in [6.45, 7) is 7.44. The van der Waals surface area contributed by atoms with Crippen molar-refractivity contribution in [2.24, 2.45) is 5.92 Å². The van der Waals surface area contributed by atoms with Gasteiger partial charge in [-0.25, -0.2) is 13.2 Å². The highest BCUT2D eigenvalue weighted by Gasteiger charge is 2.23. The van der Waals surface area contributed by atoms with Crippen LogP contribution in [0.5, 0.6) is 0 Å². The molecule has 0 radical (unpaired) electrons. The van der Waals surface area contributed by atoms with Crippen LogP contribution in [0.25, 0.3) is 21.9 Å². The van der Waals surface area contributed by atoms with Gasteiger partial charge in [0.1, 0.15) is 5.82 Å². The summed E-state index contributed by atoms with van der Waals surface area (Å²) in [5.41, 5.74) is 2.48. The molecular formula is C30H31F3. The molecule has 3 heteroatoms. The predicted octanol–water partition coefficient (Wildman–Crippen LogP) is 9.28. The minimum absolute atomic E-state index is 0.246. The third kappa shape index (κ3) is 4.93. The first-order chi connectivity index (χ1) is 16.0. The van der Waals surface area contributed by atoms with Crippen LogP contribution in [0.2, 0.25) is 0 Å². The van der Waals surface area contributed by atoms with E-state index in [1.807, 2.05) is 18.2 Å². The van der Waals surface area contributed by atoms with E-state index < -0.39 is 17.5 Å². The van der Waals surface area contributed by atoms with E-state index >= 15 is 4.39 Å². The molecule has 1 aliphatic rings. The second-order valence-corrected chi connectivity index (χ2v) is 9.22. The van der Waals surface area contributed by atoms with E-state index in [0.717, 1.165) is 12.3 Å². The van der Waals surface area contributed by atoms with Gasteiger partial charge in [-0.3, -0.25) is 0 Å². The fourth-order valence-electron chi connectivity index (χ4n) is 5.17. The minimum Gasteiger partial charge on any atom is -0.206 e. The fourth-order valence-corrected chi connectivity index (χ4v) is 5.17. The van der Waals surface area contributed by atoms with Crippen LogP contribution >= 0.6 is 0 Å². The summed E-state index contributed by atoms with van der Waals surface area (Å²) in [6, 6.07) is 12.8. The molecule has 3 aromatic rings. The number of hydrogen-bond acceptors (Lipinski definition) is 0. The molecule has 0 amide bonds. The van der Waals surface area contributed by atoms with Gasteiger partial charge in [0.15, 0.2) is 11.6 Å². The maximum absolute atomic E-state index is 15.3. The molecule has 0 atom stereocenters. The molecule has 0 heterocycles. The molecule has 0 spiro atoms. The minimum atomic E-state index is -1.12. The first kappa shape index (κ1) is 23.4. The van der Waals surface area contributed by atoms with E-state index in [-0.39, 0.29) is 10.9 Å². The standard InChI is InChI=1S/C30H31F3/c1-3-5-7-20-9-11-21(12-10-20)22-13-15-23(16-14-22)26-18-17-24-19-25(8-6-4-2)28(31)30(33)27(24)29(26)32/h3-4,13-21H,1-2,5-12H2. The van der Waals surface area contributed by atoms with Crippen LogP contribution in [-0.2, 0) is 6.42 Å². The van der Waals surface area contributed by atoms with E-state index in [4.69, 9.17) is 0 Å². The highest BCUT2D eigenvalue weighted by molar-refractivity contribution is 5.89. The van der Waals surface area contributed by atoms with Crippen molar-refractivity contribution < 1.29 is 13.2 Å². The van der Waals surface area contributed by atoms with Gasteiger partial charge in [0.2, 0.25) is 0 Å². The number of benzene rings is 3. The lowest BCUT2D eigenvalue weighted by Crippen LogP contribution is -2.13. The molecule has 0 bridgehead atoms. The van der Waals surface area contributed by atoms with Crippen LogP contribution in [-0.4, -0.2) is 0 Å². The quantitative estimate of drug-likeness (QED) is 0.301. The Hall–Kier alpha value is -2.81. The summed E-state index contributed by atoms with van der Waals surface area (Å²) in [5, 5.41) is 0.0910. The zero-order chi connectivity index (χ0) is 23.4. The van der Waals surface area contributed by atoms with Crippen molar-refractivity contribution in [3.05, 3.63) is 96.4 Å². The van der Waals surface area contributed by atoms with Crippen LogP contribution in [0.15, 0.2) is 67.8 Å². The van der Waals surface area contributed by atoms with Gasteiger partial charge in [-0.15, -0.1) is 13.2 Å². The number of allylic oxidation sites excluding steroid dienone is 2. The Labute approximate surface area is 194 Å². The van der Waals surface area contributed by atoms with Crippen LogP contribution in [0, 0.1) is 23.4 Å². The molecule has 1 fully saturated rings. The van der Waals surface area contributed by atoms with Crippen LogP contribution in [0.1, 0.15) is 62.0 Å². The Morgan fingerprint density at radius 1 is 0.788 bits per heavy atom. The van der Waals surface area contributed by atoms with Crippen molar-refractivity contribution in [2.45, 2.75) is 57.3 Å². The second kappa shape index (κ2) is 10.4. The number of hydrogen-bond donors (Lipinski definition) is 0. The zero-order valence-electron chi connectivity index (χ0n) is 19.1. The molecule has 0 N–H and O–H groups in total. The molecule has 33 heavy (non-hydrogen) atoms. The van der Waals surface area contributed by atoms with Crippen molar-refractivity contribution in [3.63, 3.8) is 0 Å². The highest BCUT2D eigenvalue weighted by Crippen LogP contribution is 2.39. The first-order valence-electron chi connectivity index (χ1n) is 11.9. The maximum atomic E-state index is 15.3. The van der Waals surface area contributed by atoms with Gasteiger partial charge < -0.3 is 0 Å². The predicted molar refractivity (Wildman–Crippen MR) is 132 cm³/mol. The Bertz CT molecular complexity index is 1140. The summed E-state index contributed by atoms with van der Waals surface area (Å²) < 4.78 is 44.7. The Kier molecular flexibility index (Phi) is 7.37. The number of aryl methyl sites for hydroxylation is 1. The van der Waals surface area contributed by atoms with Gasteiger partial charge in [0.25, 0.3) is 0 Å². The topological polar surface area (TPSA) is 0 Å². The average molecular weight is 449 g/mol. The maximum Gasteiger partial charge on any atom is 0.169 e. The molecule has 4 rings (SSSR count). The summed E-state index contributed by atoms with van der Waals surface area (Å²) in [5.74, 6) is -1.48. The molecule has 172 valence electrons. The summed E-state index contributed by atoms with van der Waals surface area (Å²) in [7, 11) is 0. The number of halogens is 3. The van der Waals surface area contributed by atoms with Gasteiger partial charge >= 0.3 is 0 Å². The smallest absolute Gasteiger partial charge is 0.169 e. The monoisotopic (exact) mass is 448 g/mol. The molecule has 3 aromatic carbocycles. The van der Waals surface area contributed by atoms with Gasteiger partial charge in [-0.2, -0.15) is 0 Å². The fraction of sp³-hybridized carbons (Fsp3) is 0.333. The lowest BCUT2D eigenvalue weighted by Gasteiger charge is -2.28. The molecule has 0 unspecified atom stereocenters. The third-order valence-corrected chi connectivity index (χ3v) is 7.13. The van der Waals surface area contributed by atoms with Crippen molar-refractivity contribution in [3.8, 4) is 11.1 Å². The number of fused-ring (bicyclic) bond motifs is 1. The van der Waals surface area contributed by atoms with Crippen molar-refractivity contribution in [1.82, 2.24) is 0 Å². The van der Waals surface area contributed by atoms with Gasteiger partial charge in [-0.1, -0.05) is 48.6 Å². The van der Waals surface area contributed by atoms with Crippen LogP contribution in [0.4, 0.5) is 13.2 Å². The summed E-state index contributed by atoms with van der Waals surface area (Å²) in [6.07, 6.45) is 11.6. The lowest BCUT2D eigenvalue weighted by molar-refractivity contribution is 0.312. The Morgan fingerprint density at radius 2 is 1.48 bits per heavy atom. The Morgan fingerprint density at radius 3 is 2.15 bits per heavy atom. The van der Waals surface area contributed by atoms with E-state index in [1.165, 1.54) is 37.7 Å². The van der Waals surface area contributed by atoms with E-state index in [1.54, 1.807) is 24.3 Å².